The molecule has 1 aliphatic heterocycles. The Balaban J connectivity index is 0.00000190. The molecule has 186 valence electrons. The number of H-pyrrole nitrogens is 1. The molecule has 0 aliphatic carbocycles. The van der Waals surface area contributed by atoms with E-state index < -0.39 is 0 Å². The van der Waals surface area contributed by atoms with Gasteiger partial charge in [-0.3, -0.25) is 4.79 Å². The number of hydrogen-bond acceptors (Lipinski definition) is 7. The lowest BCUT2D eigenvalue weighted by Gasteiger charge is -2.35. The number of thiazole rings is 1. The molecule has 1 fully saturated rings. The number of aromatic nitrogens is 4. The summed E-state index contributed by atoms with van der Waals surface area (Å²) in [6, 6.07) is 10.3. The van der Waals surface area contributed by atoms with E-state index in [9.17, 15) is 4.79 Å². The van der Waals surface area contributed by atoms with Crippen molar-refractivity contribution in [3.05, 3.63) is 65.7 Å². The van der Waals surface area contributed by atoms with E-state index in [1.807, 2.05) is 12.1 Å². The van der Waals surface area contributed by atoms with Crippen LogP contribution in [0.5, 0.6) is 0 Å². The molecule has 3 aromatic heterocycles. The summed E-state index contributed by atoms with van der Waals surface area (Å²) in [4.78, 5) is 34.6. The van der Waals surface area contributed by atoms with Gasteiger partial charge in [-0.2, -0.15) is 0 Å². The number of unbranched alkanes of at least 4 members (excludes halogenated alkanes) is 1. The van der Waals surface area contributed by atoms with E-state index in [0.717, 1.165) is 68.3 Å². The SMILES string of the molecule is CCCCC(Cc1c[nH]c2ccccc12)NC(=O)c1cnc(N2CCN(c3ccncn3)CC2)s1.[HH].[HH]. The number of carbonyl (C=O) groups is 1. The van der Waals surface area contributed by atoms with Gasteiger partial charge in [0.2, 0.25) is 0 Å². The molecule has 0 saturated carbocycles. The fraction of sp³-hybridized carbons (Fsp3) is 0.385. The maximum absolute atomic E-state index is 13.2. The molecule has 1 aliphatic rings. The number of piperazine rings is 1. The van der Waals surface area contributed by atoms with Crippen LogP contribution >= 0.6 is 11.3 Å². The fourth-order valence-electron chi connectivity index (χ4n) is 4.61. The average Bonchev–Trinajstić information content (AvgIpc) is 3.56. The van der Waals surface area contributed by atoms with Crippen molar-refractivity contribution in [2.45, 2.75) is 38.6 Å². The summed E-state index contributed by atoms with van der Waals surface area (Å²) in [7, 11) is 0. The molecule has 4 aromatic rings. The van der Waals surface area contributed by atoms with Gasteiger partial charge in [0.1, 0.15) is 17.0 Å². The van der Waals surface area contributed by atoms with Crippen molar-refractivity contribution in [2.24, 2.45) is 0 Å². The molecule has 5 rings (SSSR count). The molecule has 0 spiro atoms. The minimum Gasteiger partial charge on any atom is -0.361 e. The third kappa shape index (κ3) is 5.45. The standard InChI is InChI=1S/C26H31N7OS.2H2/c1-2-3-6-20(15-19-16-28-22-8-5-4-7-21(19)22)31-25(34)23-17-29-26(35-23)33-13-11-32(12-14-33)24-9-10-27-18-30-24;;/h4-5,7-10,16-18,20,28H,2-3,6,11-15H2,1H3,(H,31,34);2*1H. The highest BCUT2D eigenvalue weighted by molar-refractivity contribution is 7.17. The van der Waals surface area contributed by atoms with E-state index in [-0.39, 0.29) is 14.8 Å². The van der Waals surface area contributed by atoms with E-state index >= 15 is 0 Å². The van der Waals surface area contributed by atoms with Gasteiger partial charge in [0.25, 0.3) is 5.91 Å². The normalized spacial score (nSPS) is 14.9. The molecule has 1 atom stereocenters. The molecule has 4 heterocycles. The summed E-state index contributed by atoms with van der Waals surface area (Å²) in [5.74, 6) is 0.918. The molecular weight excluding hydrogens is 458 g/mol. The van der Waals surface area contributed by atoms with Crippen molar-refractivity contribution < 1.29 is 7.65 Å². The molecule has 1 unspecified atom stereocenters. The second kappa shape index (κ2) is 10.9. The number of nitrogens with zero attached hydrogens (tertiary/aromatic N) is 5. The van der Waals surface area contributed by atoms with Gasteiger partial charge in [-0.1, -0.05) is 49.3 Å². The van der Waals surface area contributed by atoms with Crippen molar-refractivity contribution >= 4 is 39.1 Å². The average molecular weight is 494 g/mol. The lowest BCUT2D eigenvalue weighted by atomic mass is 10.0. The van der Waals surface area contributed by atoms with Crippen LogP contribution in [0, 0.1) is 0 Å². The van der Waals surface area contributed by atoms with Crippen molar-refractivity contribution in [1.29, 1.82) is 0 Å². The maximum Gasteiger partial charge on any atom is 0.263 e. The van der Waals surface area contributed by atoms with E-state index in [4.69, 9.17) is 0 Å². The predicted molar refractivity (Wildman–Crippen MR) is 146 cm³/mol. The highest BCUT2D eigenvalue weighted by Gasteiger charge is 2.23. The number of fused-ring (bicyclic) bond motifs is 1. The first-order valence-electron chi connectivity index (χ1n) is 12.3. The minimum atomic E-state index is -0.0330. The summed E-state index contributed by atoms with van der Waals surface area (Å²) in [5, 5.41) is 5.42. The van der Waals surface area contributed by atoms with Crippen LogP contribution in [0.3, 0.4) is 0 Å². The smallest absolute Gasteiger partial charge is 0.263 e. The summed E-state index contributed by atoms with van der Waals surface area (Å²) >= 11 is 1.47. The van der Waals surface area contributed by atoms with Gasteiger partial charge in [0, 0.05) is 58.4 Å². The summed E-state index contributed by atoms with van der Waals surface area (Å²) < 4.78 is 0. The Kier molecular flexibility index (Phi) is 7.23. The Labute approximate surface area is 212 Å². The number of amides is 1. The van der Waals surface area contributed by atoms with Gasteiger partial charge < -0.3 is 20.1 Å². The Hall–Kier alpha value is -3.46. The lowest BCUT2D eigenvalue weighted by Crippen LogP contribution is -2.46. The Morgan fingerprint density at radius 2 is 2.00 bits per heavy atom. The molecule has 1 saturated heterocycles. The number of benzene rings is 1. The summed E-state index contributed by atoms with van der Waals surface area (Å²) in [6.45, 7) is 5.60. The Morgan fingerprint density at radius 1 is 1.17 bits per heavy atom. The van der Waals surface area contributed by atoms with Crippen molar-refractivity contribution in [3.8, 4) is 0 Å². The zero-order valence-corrected chi connectivity index (χ0v) is 20.8. The van der Waals surface area contributed by atoms with E-state index in [1.54, 1.807) is 18.7 Å². The first-order chi connectivity index (χ1) is 17.2. The molecule has 1 aromatic carbocycles. The van der Waals surface area contributed by atoms with Gasteiger partial charge in [0.15, 0.2) is 5.13 Å². The van der Waals surface area contributed by atoms with Crippen LogP contribution in [0.25, 0.3) is 10.9 Å². The monoisotopic (exact) mass is 493 g/mol. The highest BCUT2D eigenvalue weighted by atomic mass is 32.1. The first kappa shape index (κ1) is 23.3. The van der Waals surface area contributed by atoms with Crippen molar-refractivity contribution in [1.82, 2.24) is 25.3 Å². The van der Waals surface area contributed by atoms with E-state index in [2.05, 4.69) is 66.4 Å². The van der Waals surface area contributed by atoms with Crippen molar-refractivity contribution in [3.63, 3.8) is 0 Å². The first-order valence-corrected chi connectivity index (χ1v) is 13.1. The largest absolute Gasteiger partial charge is 0.361 e. The highest BCUT2D eigenvalue weighted by Crippen LogP contribution is 2.25. The molecule has 2 N–H and O–H groups in total. The van der Waals surface area contributed by atoms with Gasteiger partial charge in [-0.05, 0) is 30.5 Å². The second-order valence-electron chi connectivity index (χ2n) is 8.92. The van der Waals surface area contributed by atoms with Gasteiger partial charge >= 0.3 is 0 Å². The molecule has 1 amide bonds. The maximum atomic E-state index is 13.2. The van der Waals surface area contributed by atoms with Gasteiger partial charge in [0.05, 0.1) is 6.20 Å². The molecule has 8 nitrogen and oxygen atoms in total. The zero-order valence-electron chi connectivity index (χ0n) is 20.0. The van der Waals surface area contributed by atoms with Gasteiger partial charge in [-0.15, -0.1) is 0 Å². The molecule has 0 bridgehead atoms. The predicted octanol–water partition coefficient (Wildman–Crippen LogP) is 4.76. The van der Waals surface area contributed by atoms with Crippen LogP contribution in [-0.2, 0) is 6.42 Å². The number of anilines is 2. The van der Waals surface area contributed by atoms with E-state index in [1.165, 1.54) is 22.3 Å². The number of rotatable bonds is 9. The van der Waals surface area contributed by atoms with Crippen LogP contribution in [0.2, 0.25) is 0 Å². The third-order valence-electron chi connectivity index (χ3n) is 6.54. The number of hydrogen-bond donors (Lipinski definition) is 2. The number of carbonyl (C=O) groups excluding carboxylic acids is 1. The zero-order chi connectivity index (χ0) is 24.0. The number of para-hydroxylation sites is 1. The third-order valence-corrected chi connectivity index (χ3v) is 7.60. The number of aromatic amines is 1. The van der Waals surface area contributed by atoms with Crippen LogP contribution in [0.1, 0.15) is 44.3 Å². The van der Waals surface area contributed by atoms with Crippen molar-refractivity contribution in [2.75, 3.05) is 36.0 Å². The molecule has 0 radical (unpaired) electrons. The summed E-state index contributed by atoms with van der Waals surface area (Å²) in [5.41, 5.74) is 2.38. The topological polar surface area (TPSA) is 90.0 Å². The summed E-state index contributed by atoms with van der Waals surface area (Å²) in [6.07, 6.45) is 11.1. The van der Waals surface area contributed by atoms with Crippen LogP contribution in [0.15, 0.2) is 55.2 Å². The quantitative estimate of drug-likeness (QED) is 0.349. The fourth-order valence-corrected chi connectivity index (χ4v) is 5.48. The Morgan fingerprint density at radius 3 is 2.80 bits per heavy atom. The molecule has 35 heavy (non-hydrogen) atoms. The van der Waals surface area contributed by atoms with Gasteiger partial charge in [-0.25, -0.2) is 15.0 Å². The molecule has 9 heteroatoms. The lowest BCUT2D eigenvalue weighted by molar-refractivity contribution is 0.0938. The Bertz CT molecular complexity index is 1260. The second-order valence-corrected chi connectivity index (χ2v) is 9.93. The molecular formula is C26H35N7OS. The van der Waals surface area contributed by atoms with Crippen LogP contribution in [0.4, 0.5) is 10.9 Å². The minimum absolute atomic E-state index is 0. The van der Waals surface area contributed by atoms with Crippen LogP contribution in [-0.4, -0.2) is 58.1 Å². The van der Waals surface area contributed by atoms with Crippen LogP contribution < -0.4 is 15.1 Å². The number of nitrogens with one attached hydrogen (secondary N) is 2. The van der Waals surface area contributed by atoms with E-state index in [0.29, 0.717) is 4.88 Å².